The molecule has 6 heteroatoms. The molecule has 0 bridgehead atoms. The molecule has 25 heavy (non-hydrogen) atoms. The average Bonchev–Trinajstić information content (AvgIpc) is 2.53. The van der Waals surface area contributed by atoms with Gasteiger partial charge in [0, 0.05) is 18.6 Å². The second kappa shape index (κ2) is 7.52. The molecule has 0 amide bonds. The highest BCUT2D eigenvalue weighted by Gasteiger charge is 2.33. The Kier molecular flexibility index (Phi) is 5.83. The van der Waals surface area contributed by atoms with Crippen LogP contribution in [0.3, 0.4) is 0 Å². The van der Waals surface area contributed by atoms with Crippen molar-refractivity contribution in [2.75, 3.05) is 6.61 Å². The predicted molar refractivity (Wildman–Crippen MR) is 92.9 cm³/mol. The average molecular weight is 352 g/mol. The Bertz CT molecular complexity index is 642. The fourth-order valence-corrected chi connectivity index (χ4v) is 3.05. The van der Waals surface area contributed by atoms with Crippen LogP contribution in [0.15, 0.2) is 48.1 Å². The van der Waals surface area contributed by atoms with E-state index >= 15 is 0 Å². The zero-order chi connectivity index (χ0) is 18.7. The Balaban J connectivity index is 2.18. The number of nitrogens with zero attached hydrogens (tertiary/aromatic N) is 1. The van der Waals surface area contributed by atoms with Crippen molar-refractivity contribution in [3.8, 4) is 0 Å². The van der Waals surface area contributed by atoms with E-state index in [1.165, 1.54) is 12.3 Å². The van der Waals surface area contributed by atoms with Crippen LogP contribution >= 0.6 is 0 Å². The molecule has 2 heterocycles. The van der Waals surface area contributed by atoms with Crippen LogP contribution < -0.4 is 5.32 Å². The van der Waals surface area contributed by atoms with Crippen LogP contribution in [0.25, 0.3) is 0 Å². The van der Waals surface area contributed by atoms with Crippen molar-refractivity contribution in [1.29, 1.82) is 0 Å². The van der Waals surface area contributed by atoms with Gasteiger partial charge in [-0.1, -0.05) is 13.8 Å². The summed E-state index contributed by atoms with van der Waals surface area (Å²) in [5.41, 5.74) is -1.21. The van der Waals surface area contributed by atoms with Crippen LogP contribution in [0, 0.1) is 5.92 Å². The van der Waals surface area contributed by atoms with E-state index in [0.717, 1.165) is 5.56 Å². The first-order valence-electron chi connectivity index (χ1n) is 8.38. The third-order valence-corrected chi connectivity index (χ3v) is 4.13. The summed E-state index contributed by atoms with van der Waals surface area (Å²) in [7, 11) is 0. The quantitative estimate of drug-likeness (QED) is 0.785. The summed E-state index contributed by atoms with van der Waals surface area (Å²) in [4.78, 5) is 3.96. The highest BCUT2D eigenvalue weighted by molar-refractivity contribution is 5.40. The van der Waals surface area contributed by atoms with E-state index in [9.17, 15) is 13.9 Å². The van der Waals surface area contributed by atoms with Gasteiger partial charge in [0.1, 0.15) is 12.4 Å². The van der Waals surface area contributed by atoms with E-state index < -0.39 is 17.6 Å². The zero-order valence-electron chi connectivity index (χ0n) is 15.1. The van der Waals surface area contributed by atoms with Crippen molar-refractivity contribution >= 4 is 0 Å². The Morgan fingerprint density at radius 2 is 1.96 bits per heavy atom. The molecule has 0 saturated heterocycles. The molecule has 0 aromatic carbocycles. The molecule has 1 aromatic rings. The van der Waals surface area contributed by atoms with Gasteiger partial charge in [-0.15, -0.1) is 0 Å². The number of aromatic nitrogens is 1. The largest absolute Gasteiger partial charge is 0.489 e. The summed E-state index contributed by atoms with van der Waals surface area (Å²) in [6.45, 7) is 7.39. The topological polar surface area (TPSA) is 54.4 Å². The van der Waals surface area contributed by atoms with Gasteiger partial charge in [-0.2, -0.15) is 0 Å². The van der Waals surface area contributed by atoms with Gasteiger partial charge >= 0.3 is 0 Å². The monoisotopic (exact) mass is 352 g/mol. The number of nitrogens with one attached hydrogen (secondary N) is 1. The fourth-order valence-electron chi connectivity index (χ4n) is 3.05. The van der Waals surface area contributed by atoms with Crippen molar-refractivity contribution in [1.82, 2.24) is 10.3 Å². The summed E-state index contributed by atoms with van der Waals surface area (Å²) >= 11 is 0. The van der Waals surface area contributed by atoms with E-state index in [4.69, 9.17) is 4.74 Å². The van der Waals surface area contributed by atoms with E-state index in [1.54, 1.807) is 31.5 Å². The summed E-state index contributed by atoms with van der Waals surface area (Å²) < 4.78 is 32.7. The van der Waals surface area contributed by atoms with E-state index in [2.05, 4.69) is 10.3 Å². The number of aliphatic hydroxyl groups is 1. The lowest BCUT2D eigenvalue weighted by atomic mass is 9.88. The molecule has 1 aromatic heterocycles. The van der Waals surface area contributed by atoms with Crippen molar-refractivity contribution in [2.24, 2.45) is 5.92 Å². The third-order valence-electron chi connectivity index (χ3n) is 4.13. The van der Waals surface area contributed by atoms with Crippen LogP contribution in [-0.2, 0) is 10.3 Å². The standard InChI is InChI=1S/C19H26F2N2O2/c1-13(2)9-18(3,24)12-25-16-11-23-19(4,10-15(16)17(20)21)14-5-7-22-8-6-14/h5-8,10-11,13,17,23-24H,9,12H2,1-4H3. The lowest BCUT2D eigenvalue weighted by Crippen LogP contribution is -2.39. The molecule has 0 fully saturated rings. The molecule has 0 spiro atoms. The van der Waals surface area contributed by atoms with E-state index in [-0.39, 0.29) is 23.9 Å². The van der Waals surface area contributed by atoms with Gasteiger partial charge in [0.05, 0.1) is 16.7 Å². The molecule has 1 aliphatic heterocycles. The molecule has 138 valence electrons. The van der Waals surface area contributed by atoms with Gasteiger partial charge in [0.2, 0.25) is 0 Å². The normalized spacial score (nSPS) is 22.9. The maximum atomic E-state index is 13.6. The minimum absolute atomic E-state index is 0.0469. The number of hydrogen-bond acceptors (Lipinski definition) is 4. The number of pyridine rings is 1. The number of alkyl halides is 2. The SMILES string of the molecule is CC(C)CC(C)(O)COC1=CNC(C)(c2ccncc2)C=C1C(F)F. The minimum Gasteiger partial charge on any atom is -0.489 e. The number of ether oxygens (including phenoxy) is 1. The van der Waals surface area contributed by atoms with Crippen LogP contribution in [0.1, 0.15) is 39.7 Å². The van der Waals surface area contributed by atoms with Crippen molar-refractivity contribution in [3.63, 3.8) is 0 Å². The van der Waals surface area contributed by atoms with Crippen molar-refractivity contribution < 1.29 is 18.6 Å². The van der Waals surface area contributed by atoms with Crippen LogP contribution in [0.5, 0.6) is 0 Å². The number of halogens is 2. The number of allylic oxidation sites excluding steroid dienone is 1. The highest BCUT2D eigenvalue weighted by Crippen LogP contribution is 2.33. The Morgan fingerprint density at radius 3 is 2.52 bits per heavy atom. The molecule has 0 radical (unpaired) electrons. The molecule has 2 N–H and O–H groups in total. The molecule has 2 unspecified atom stereocenters. The first-order chi connectivity index (χ1) is 11.6. The smallest absolute Gasteiger partial charge is 0.267 e. The Morgan fingerprint density at radius 1 is 1.32 bits per heavy atom. The van der Waals surface area contributed by atoms with Gasteiger partial charge in [-0.3, -0.25) is 4.98 Å². The van der Waals surface area contributed by atoms with Gasteiger partial charge in [-0.05, 0) is 50.0 Å². The molecule has 0 aliphatic carbocycles. The molecule has 2 atom stereocenters. The Labute approximate surface area is 147 Å². The van der Waals surface area contributed by atoms with Gasteiger partial charge in [-0.25, -0.2) is 8.78 Å². The molecule has 0 saturated carbocycles. The lowest BCUT2D eigenvalue weighted by molar-refractivity contribution is -0.0272. The summed E-state index contributed by atoms with van der Waals surface area (Å²) in [5.74, 6) is 0.336. The van der Waals surface area contributed by atoms with Gasteiger partial charge < -0.3 is 15.2 Å². The molecule has 2 rings (SSSR count). The van der Waals surface area contributed by atoms with Crippen LogP contribution in [0.4, 0.5) is 8.78 Å². The first-order valence-corrected chi connectivity index (χ1v) is 8.38. The maximum Gasteiger partial charge on any atom is 0.267 e. The predicted octanol–water partition coefficient (Wildman–Crippen LogP) is 3.75. The minimum atomic E-state index is -2.68. The van der Waals surface area contributed by atoms with Crippen LogP contribution in [0.2, 0.25) is 0 Å². The maximum absolute atomic E-state index is 13.6. The van der Waals surface area contributed by atoms with E-state index in [1.807, 2.05) is 20.8 Å². The number of rotatable bonds is 7. The summed E-state index contributed by atoms with van der Waals surface area (Å²) in [5, 5.41) is 13.5. The third kappa shape index (κ3) is 5.01. The molecular formula is C19H26F2N2O2. The highest BCUT2D eigenvalue weighted by atomic mass is 19.3. The van der Waals surface area contributed by atoms with Crippen molar-refractivity contribution in [2.45, 2.75) is 51.7 Å². The zero-order valence-corrected chi connectivity index (χ0v) is 15.1. The van der Waals surface area contributed by atoms with Crippen LogP contribution in [-0.4, -0.2) is 28.7 Å². The lowest BCUT2D eigenvalue weighted by Gasteiger charge is -2.34. The van der Waals surface area contributed by atoms with Gasteiger partial charge in [0.15, 0.2) is 0 Å². The molecular weight excluding hydrogens is 326 g/mol. The fraction of sp³-hybridized carbons (Fsp3) is 0.526. The molecule has 4 nitrogen and oxygen atoms in total. The second-order valence-electron chi connectivity index (χ2n) is 7.38. The van der Waals surface area contributed by atoms with E-state index in [0.29, 0.717) is 6.42 Å². The second-order valence-corrected chi connectivity index (χ2v) is 7.38. The first kappa shape index (κ1) is 19.4. The molecule has 1 aliphatic rings. The number of dihydropyridines is 1. The summed E-state index contributed by atoms with van der Waals surface area (Å²) in [6.07, 6.45) is 4.02. The number of hydrogen-bond donors (Lipinski definition) is 2. The van der Waals surface area contributed by atoms with Crippen molar-refractivity contribution in [3.05, 3.63) is 53.7 Å². The Hall–Kier alpha value is -1.95. The summed E-state index contributed by atoms with van der Waals surface area (Å²) in [6, 6.07) is 3.55. The van der Waals surface area contributed by atoms with Gasteiger partial charge in [0.25, 0.3) is 6.43 Å².